The number of hydrogen-bond donors (Lipinski definition) is 3. The first kappa shape index (κ1) is 19.4. The van der Waals surface area contributed by atoms with Gasteiger partial charge in [0.2, 0.25) is 5.84 Å². The van der Waals surface area contributed by atoms with Crippen molar-refractivity contribution in [1.82, 2.24) is 0 Å². The molecule has 0 aliphatic heterocycles. The molecule has 144 valence electrons. The molecule has 8 nitrogen and oxygen atoms in total. The Morgan fingerprint density at radius 2 is 1.31 bits per heavy atom. The largest absolute Gasteiger partial charge is 0.478 e. The lowest BCUT2D eigenvalue weighted by molar-refractivity contribution is 0.0687. The van der Waals surface area contributed by atoms with E-state index < -0.39 is 11.9 Å². The van der Waals surface area contributed by atoms with Crippen molar-refractivity contribution in [3.63, 3.8) is 0 Å². The monoisotopic (exact) mass is 388 g/mol. The van der Waals surface area contributed by atoms with Crippen LogP contribution in [0.2, 0.25) is 0 Å². The summed E-state index contributed by atoms with van der Waals surface area (Å²) in [6.45, 7) is 0. The molecule has 0 fully saturated rings. The number of benzene rings is 3. The lowest BCUT2D eigenvalue weighted by Crippen LogP contribution is -2.05. The first-order valence-corrected chi connectivity index (χ1v) is 8.52. The van der Waals surface area contributed by atoms with Crippen molar-refractivity contribution < 1.29 is 19.8 Å². The molecule has 0 aliphatic rings. The smallest absolute Gasteiger partial charge is 0.337 e. The Hall–Kier alpha value is -4.33. The predicted octanol–water partition coefficient (Wildman–Crippen LogP) is 4.64. The maximum Gasteiger partial charge on any atom is 0.337 e. The summed E-state index contributed by atoms with van der Waals surface area (Å²) in [4.78, 5) is 22.7. The van der Waals surface area contributed by atoms with Gasteiger partial charge in [-0.2, -0.15) is 5.10 Å². The Kier molecular flexibility index (Phi) is 6.06. The highest BCUT2D eigenvalue weighted by Crippen LogP contribution is 2.20. The molecule has 0 saturated heterocycles. The number of carboxylic acids is 2. The summed E-state index contributed by atoms with van der Waals surface area (Å²) in [6, 6.07) is 21.4. The zero-order chi connectivity index (χ0) is 20.6. The van der Waals surface area contributed by atoms with Gasteiger partial charge in [0.25, 0.3) is 0 Å². The van der Waals surface area contributed by atoms with Crippen molar-refractivity contribution in [1.29, 1.82) is 0 Å². The zero-order valence-electron chi connectivity index (χ0n) is 15.1. The zero-order valence-corrected chi connectivity index (χ0v) is 15.1. The molecule has 0 radical (unpaired) electrons. The maximum atomic E-state index is 11.4. The Balaban J connectivity index is 1.98. The molecular formula is C21H16N4O4. The highest BCUT2D eigenvalue weighted by molar-refractivity contribution is 6.00. The summed E-state index contributed by atoms with van der Waals surface area (Å²) in [5.41, 5.74) is 3.84. The van der Waals surface area contributed by atoms with Crippen LogP contribution in [0.4, 0.5) is 11.4 Å². The van der Waals surface area contributed by atoms with Gasteiger partial charge in [-0.15, -0.1) is 10.2 Å². The van der Waals surface area contributed by atoms with Gasteiger partial charge < -0.3 is 10.2 Å². The SMILES string of the molecule is O=C(O)c1ccccc1N=NC(=NNc1ccccc1C(=O)O)c1ccccc1. The average molecular weight is 388 g/mol. The lowest BCUT2D eigenvalue weighted by Gasteiger charge is -2.06. The van der Waals surface area contributed by atoms with Crippen LogP contribution in [0.15, 0.2) is 94.2 Å². The van der Waals surface area contributed by atoms with Crippen LogP contribution in [0.25, 0.3) is 0 Å². The van der Waals surface area contributed by atoms with Gasteiger partial charge in [0.05, 0.1) is 16.8 Å². The number of carbonyl (C=O) groups is 2. The number of rotatable bonds is 6. The fraction of sp³-hybridized carbons (Fsp3) is 0. The van der Waals surface area contributed by atoms with Gasteiger partial charge in [-0.3, -0.25) is 5.43 Å². The summed E-state index contributed by atoms with van der Waals surface area (Å²) in [5.74, 6) is -2.06. The number of carboxylic acid groups (broad SMARTS) is 2. The van der Waals surface area contributed by atoms with E-state index in [0.717, 1.165) is 0 Å². The topological polar surface area (TPSA) is 124 Å². The van der Waals surface area contributed by atoms with E-state index >= 15 is 0 Å². The van der Waals surface area contributed by atoms with Crippen LogP contribution in [-0.2, 0) is 0 Å². The predicted molar refractivity (Wildman–Crippen MR) is 108 cm³/mol. The van der Waals surface area contributed by atoms with Gasteiger partial charge in [-0.25, -0.2) is 9.59 Å². The molecular weight excluding hydrogens is 372 g/mol. The van der Waals surface area contributed by atoms with Crippen molar-refractivity contribution in [2.24, 2.45) is 15.3 Å². The molecule has 0 aromatic heterocycles. The highest BCUT2D eigenvalue weighted by atomic mass is 16.4. The highest BCUT2D eigenvalue weighted by Gasteiger charge is 2.11. The molecule has 0 heterocycles. The van der Waals surface area contributed by atoms with Gasteiger partial charge in [-0.05, 0) is 24.3 Å². The van der Waals surface area contributed by atoms with E-state index in [1.54, 1.807) is 54.6 Å². The van der Waals surface area contributed by atoms with E-state index in [1.165, 1.54) is 18.2 Å². The minimum Gasteiger partial charge on any atom is -0.478 e. The minimum absolute atomic E-state index is 0.00726. The van der Waals surface area contributed by atoms with E-state index in [9.17, 15) is 19.8 Å². The number of amidine groups is 1. The molecule has 3 N–H and O–H groups in total. The Bertz CT molecular complexity index is 1090. The number of hydrazone groups is 1. The van der Waals surface area contributed by atoms with Crippen LogP contribution >= 0.6 is 0 Å². The molecule has 0 amide bonds. The molecule has 0 unspecified atom stereocenters. The van der Waals surface area contributed by atoms with Crippen LogP contribution in [0.1, 0.15) is 26.3 Å². The molecule has 0 aliphatic carbocycles. The van der Waals surface area contributed by atoms with Crippen LogP contribution < -0.4 is 5.43 Å². The summed E-state index contributed by atoms with van der Waals surface area (Å²) in [5, 5.41) is 30.9. The molecule has 0 spiro atoms. The number of nitrogens with one attached hydrogen (secondary N) is 1. The average Bonchev–Trinajstić information content (AvgIpc) is 2.74. The maximum absolute atomic E-state index is 11.4. The number of anilines is 1. The van der Waals surface area contributed by atoms with E-state index in [1.807, 2.05) is 6.07 Å². The summed E-state index contributed by atoms with van der Waals surface area (Å²) in [6.07, 6.45) is 0. The number of nitrogens with zero attached hydrogens (tertiary/aromatic N) is 3. The normalized spacial score (nSPS) is 11.4. The van der Waals surface area contributed by atoms with Crippen LogP contribution in [-0.4, -0.2) is 28.0 Å². The summed E-state index contributed by atoms with van der Waals surface area (Å²) < 4.78 is 0. The molecule has 29 heavy (non-hydrogen) atoms. The Morgan fingerprint density at radius 3 is 2.00 bits per heavy atom. The van der Waals surface area contributed by atoms with Gasteiger partial charge in [-0.1, -0.05) is 54.6 Å². The minimum atomic E-state index is -1.12. The number of aromatic carboxylic acids is 2. The molecule has 3 rings (SSSR count). The first-order valence-electron chi connectivity index (χ1n) is 8.52. The third-order valence-electron chi connectivity index (χ3n) is 3.86. The van der Waals surface area contributed by atoms with E-state index in [2.05, 4.69) is 20.8 Å². The molecule has 0 saturated carbocycles. The van der Waals surface area contributed by atoms with Crippen molar-refractivity contribution in [2.45, 2.75) is 0 Å². The van der Waals surface area contributed by atoms with Gasteiger partial charge in [0, 0.05) is 5.56 Å². The van der Waals surface area contributed by atoms with Crippen LogP contribution in [0, 0.1) is 0 Å². The summed E-state index contributed by atoms with van der Waals surface area (Å²) in [7, 11) is 0. The lowest BCUT2D eigenvalue weighted by atomic mass is 10.2. The number of hydrogen-bond acceptors (Lipinski definition) is 5. The fourth-order valence-corrected chi connectivity index (χ4v) is 2.46. The third kappa shape index (κ3) is 4.89. The van der Waals surface area contributed by atoms with Crippen molar-refractivity contribution >= 4 is 29.1 Å². The second kappa shape index (κ2) is 9.05. The van der Waals surface area contributed by atoms with Gasteiger partial charge >= 0.3 is 11.9 Å². The second-order valence-electron chi connectivity index (χ2n) is 5.79. The Morgan fingerprint density at radius 1 is 0.724 bits per heavy atom. The van der Waals surface area contributed by atoms with Crippen molar-refractivity contribution in [2.75, 3.05) is 5.43 Å². The number of para-hydroxylation sites is 1. The standard InChI is InChI=1S/C21H16N4O4/c26-20(27)15-10-4-6-12-17(15)22-24-19(14-8-2-1-3-9-14)25-23-18-13-7-5-11-16(18)21(28)29/h1-13,22H,(H,26,27)(H,28,29). The third-order valence-corrected chi connectivity index (χ3v) is 3.86. The Labute approximate surface area is 165 Å². The van der Waals surface area contributed by atoms with Crippen molar-refractivity contribution in [3.8, 4) is 0 Å². The van der Waals surface area contributed by atoms with Crippen LogP contribution in [0.3, 0.4) is 0 Å². The first-order chi connectivity index (χ1) is 14.1. The van der Waals surface area contributed by atoms with Gasteiger partial charge in [0.1, 0.15) is 5.69 Å². The van der Waals surface area contributed by atoms with E-state index in [0.29, 0.717) is 5.56 Å². The van der Waals surface area contributed by atoms with E-state index in [-0.39, 0.29) is 28.3 Å². The molecule has 8 heteroatoms. The molecule has 0 atom stereocenters. The number of azo groups is 1. The molecule has 3 aromatic rings. The second-order valence-corrected chi connectivity index (χ2v) is 5.79. The fourth-order valence-electron chi connectivity index (χ4n) is 2.46. The molecule has 3 aromatic carbocycles. The molecule has 0 bridgehead atoms. The quantitative estimate of drug-likeness (QED) is 0.246. The summed E-state index contributed by atoms with van der Waals surface area (Å²) >= 11 is 0. The van der Waals surface area contributed by atoms with Crippen LogP contribution in [0.5, 0.6) is 0 Å². The van der Waals surface area contributed by atoms with Crippen molar-refractivity contribution in [3.05, 3.63) is 95.6 Å². The van der Waals surface area contributed by atoms with Gasteiger partial charge in [0.15, 0.2) is 0 Å². The van der Waals surface area contributed by atoms with E-state index in [4.69, 9.17) is 0 Å².